The van der Waals surface area contributed by atoms with Crippen LogP contribution in [0.25, 0.3) is 17.2 Å². The van der Waals surface area contributed by atoms with Crippen LogP contribution in [0, 0.1) is 0 Å². The third kappa shape index (κ3) is 6.16. The van der Waals surface area contributed by atoms with Gasteiger partial charge in [-0.3, -0.25) is 4.98 Å². The maximum Gasteiger partial charge on any atom is 0.0595 e. The lowest BCUT2D eigenvalue weighted by Crippen LogP contribution is -2.19. The summed E-state index contributed by atoms with van der Waals surface area (Å²) in [5.74, 6) is 0. The molecule has 0 unspecified atom stereocenters. The molecule has 0 radical (unpaired) electrons. The minimum atomic E-state index is -0.770. The predicted molar refractivity (Wildman–Crippen MR) is 136 cm³/mol. The Hall–Kier alpha value is -3.21. The molecule has 0 atom stereocenters. The minimum Gasteiger partial charge on any atom is -0.398 e. The van der Waals surface area contributed by atoms with Crippen molar-refractivity contribution in [3.8, 4) is 0 Å². The van der Waals surface area contributed by atoms with E-state index in [-0.39, 0.29) is 0 Å². The van der Waals surface area contributed by atoms with Crippen molar-refractivity contribution in [2.75, 3.05) is 12.8 Å². The van der Waals surface area contributed by atoms with Crippen molar-refractivity contribution in [1.29, 1.82) is 0 Å². The molecule has 4 heteroatoms. The average molecular weight is 428 g/mol. The van der Waals surface area contributed by atoms with E-state index in [0.717, 1.165) is 40.1 Å². The van der Waals surface area contributed by atoms with Crippen molar-refractivity contribution in [1.82, 2.24) is 10.3 Å². The summed E-state index contributed by atoms with van der Waals surface area (Å²) in [6.07, 6.45) is 5.04. The Morgan fingerprint density at radius 2 is 1.75 bits per heavy atom. The molecule has 0 aliphatic heterocycles. The van der Waals surface area contributed by atoms with Gasteiger partial charge in [-0.1, -0.05) is 61.2 Å². The molecule has 1 aromatic heterocycles. The fourth-order valence-corrected chi connectivity index (χ4v) is 3.61. The molecule has 0 spiro atoms. The van der Waals surface area contributed by atoms with E-state index in [1.54, 1.807) is 6.20 Å². The number of hydrogen-bond donors (Lipinski definition) is 3. The van der Waals surface area contributed by atoms with E-state index < -0.39 is 5.60 Å². The fourth-order valence-electron chi connectivity index (χ4n) is 3.61. The molecular formula is C28H33N3O. The second-order valence-electron chi connectivity index (χ2n) is 8.70. The molecule has 0 amide bonds. The maximum absolute atomic E-state index is 10.2. The molecule has 0 saturated carbocycles. The number of aromatic nitrogens is 1. The standard InChI is InChI=1S/C28H33N3O/c1-20(22-12-10-21(11-13-22)19-30-4)24(23-8-6-5-7-9-23)18-25-26(29)15-17-31-27(25)14-16-28(2,3)32/h5-13,15,17-18,30,32H,1,14,16,19H2,2-4H3,(H2,29,31). The van der Waals surface area contributed by atoms with E-state index in [0.29, 0.717) is 18.5 Å². The number of nitrogen functional groups attached to an aromatic ring is 1. The number of aliphatic hydroxyl groups is 1. The predicted octanol–water partition coefficient (Wildman–Crippen LogP) is 5.34. The summed E-state index contributed by atoms with van der Waals surface area (Å²) in [6.45, 7) is 8.88. The summed E-state index contributed by atoms with van der Waals surface area (Å²) in [6, 6.07) is 20.5. The summed E-state index contributed by atoms with van der Waals surface area (Å²) in [7, 11) is 1.94. The van der Waals surface area contributed by atoms with Gasteiger partial charge in [0, 0.05) is 29.7 Å². The van der Waals surface area contributed by atoms with Crippen molar-refractivity contribution in [2.45, 2.75) is 38.8 Å². The number of hydrogen-bond acceptors (Lipinski definition) is 4. The van der Waals surface area contributed by atoms with E-state index in [9.17, 15) is 5.11 Å². The van der Waals surface area contributed by atoms with E-state index in [1.165, 1.54) is 5.56 Å². The molecule has 0 saturated heterocycles. The second-order valence-corrected chi connectivity index (χ2v) is 8.70. The van der Waals surface area contributed by atoms with Gasteiger partial charge < -0.3 is 16.2 Å². The van der Waals surface area contributed by atoms with Crippen LogP contribution in [0.2, 0.25) is 0 Å². The number of nitrogens with zero attached hydrogens (tertiary/aromatic N) is 1. The third-order valence-corrected chi connectivity index (χ3v) is 5.46. The van der Waals surface area contributed by atoms with Gasteiger partial charge in [0.2, 0.25) is 0 Å². The van der Waals surface area contributed by atoms with Crippen LogP contribution in [0.4, 0.5) is 5.69 Å². The number of nitrogens with two attached hydrogens (primary N) is 1. The van der Waals surface area contributed by atoms with Crippen LogP contribution in [0.1, 0.15) is 48.2 Å². The van der Waals surface area contributed by atoms with E-state index in [2.05, 4.69) is 59.4 Å². The third-order valence-electron chi connectivity index (χ3n) is 5.46. The molecule has 32 heavy (non-hydrogen) atoms. The van der Waals surface area contributed by atoms with Crippen LogP contribution in [0.3, 0.4) is 0 Å². The van der Waals surface area contributed by atoms with Gasteiger partial charge in [0.05, 0.1) is 5.60 Å². The molecule has 0 aliphatic carbocycles. The first-order chi connectivity index (χ1) is 15.3. The Bertz CT molecular complexity index is 1080. The van der Waals surface area contributed by atoms with Crippen LogP contribution in [-0.4, -0.2) is 22.7 Å². The van der Waals surface area contributed by atoms with E-state index in [1.807, 2.05) is 45.2 Å². The highest BCUT2D eigenvalue weighted by Gasteiger charge is 2.16. The zero-order chi connectivity index (χ0) is 23.1. The molecule has 3 aromatic rings. The van der Waals surface area contributed by atoms with Gasteiger partial charge in [-0.05, 0) is 73.7 Å². The van der Waals surface area contributed by atoms with Gasteiger partial charge >= 0.3 is 0 Å². The maximum atomic E-state index is 10.2. The molecule has 166 valence electrons. The molecule has 0 aliphatic rings. The Morgan fingerprint density at radius 3 is 2.38 bits per heavy atom. The van der Waals surface area contributed by atoms with Gasteiger partial charge in [0.25, 0.3) is 0 Å². The molecule has 2 aromatic carbocycles. The minimum absolute atomic E-state index is 0.596. The Morgan fingerprint density at radius 1 is 1.06 bits per heavy atom. The van der Waals surface area contributed by atoms with E-state index in [4.69, 9.17) is 5.73 Å². The quantitative estimate of drug-likeness (QED) is 0.403. The number of benzene rings is 2. The monoisotopic (exact) mass is 427 g/mol. The lowest BCUT2D eigenvalue weighted by molar-refractivity contribution is 0.0711. The lowest BCUT2D eigenvalue weighted by Gasteiger charge is -2.18. The molecule has 3 rings (SSSR count). The van der Waals surface area contributed by atoms with Gasteiger partial charge in [-0.25, -0.2) is 0 Å². The molecule has 4 nitrogen and oxygen atoms in total. The first-order valence-corrected chi connectivity index (χ1v) is 10.9. The highest BCUT2D eigenvalue weighted by atomic mass is 16.3. The topological polar surface area (TPSA) is 71.2 Å². The SMILES string of the molecule is C=C(C(=Cc1c(N)ccnc1CCC(C)(C)O)c1ccccc1)c1ccc(CNC)cc1. The van der Waals surface area contributed by atoms with Crippen molar-refractivity contribution < 1.29 is 5.11 Å². The first-order valence-electron chi connectivity index (χ1n) is 10.9. The zero-order valence-electron chi connectivity index (χ0n) is 19.2. The van der Waals surface area contributed by atoms with Crippen molar-refractivity contribution in [2.24, 2.45) is 0 Å². The molecular weight excluding hydrogens is 394 g/mol. The molecule has 1 heterocycles. The summed E-state index contributed by atoms with van der Waals surface area (Å²) < 4.78 is 0. The largest absolute Gasteiger partial charge is 0.398 e. The molecule has 4 N–H and O–H groups in total. The number of rotatable bonds is 9. The summed E-state index contributed by atoms with van der Waals surface area (Å²) in [4.78, 5) is 4.58. The number of anilines is 1. The summed E-state index contributed by atoms with van der Waals surface area (Å²) in [5, 5.41) is 13.4. The van der Waals surface area contributed by atoms with Crippen LogP contribution in [0.15, 0.2) is 73.4 Å². The summed E-state index contributed by atoms with van der Waals surface area (Å²) >= 11 is 0. The Balaban J connectivity index is 2.07. The Kier molecular flexibility index (Phi) is 7.62. The molecule has 0 bridgehead atoms. The number of allylic oxidation sites excluding steroid dienone is 2. The number of nitrogens with one attached hydrogen (secondary N) is 1. The van der Waals surface area contributed by atoms with Crippen LogP contribution in [0.5, 0.6) is 0 Å². The van der Waals surface area contributed by atoms with Crippen molar-refractivity contribution in [3.05, 3.63) is 101 Å². The Labute approximate surface area is 191 Å². The van der Waals surface area contributed by atoms with Gasteiger partial charge in [-0.15, -0.1) is 0 Å². The smallest absolute Gasteiger partial charge is 0.0595 e. The molecule has 0 fully saturated rings. The fraction of sp³-hybridized carbons (Fsp3) is 0.250. The number of pyridine rings is 1. The van der Waals surface area contributed by atoms with Crippen molar-refractivity contribution in [3.63, 3.8) is 0 Å². The van der Waals surface area contributed by atoms with Gasteiger partial charge in [0.1, 0.15) is 0 Å². The average Bonchev–Trinajstić information content (AvgIpc) is 2.77. The number of aryl methyl sites for hydroxylation is 1. The van der Waals surface area contributed by atoms with Crippen LogP contribution >= 0.6 is 0 Å². The van der Waals surface area contributed by atoms with Gasteiger partial charge in [-0.2, -0.15) is 0 Å². The highest BCUT2D eigenvalue weighted by Crippen LogP contribution is 2.34. The normalized spacial score (nSPS) is 12.1. The lowest BCUT2D eigenvalue weighted by atomic mass is 9.90. The highest BCUT2D eigenvalue weighted by molar-refractivity contribution is 6.11. The summed E-state index contributed by atoms with van der Waals surface area (Å²) in [5.41, 5.74) is 13.3. The van der Waals surface area contributed by atoms with Gasteiger partial charge in [0.15, 0.2) is 0 Å². The first kappa shape index (κ1) is 23.5. The van der Waals surface area contributed by atoms with E-state index >= 15 is 0 Å². The second kappa shape index (κ2) is 10.4. The zero-order valence-corrected chi connectivity index (χ0v) is 19.2. The van der Waals surface area contributed by atoms with Crippen LogP contribution < -0.4 is 11.1 Å². The van der Waals surface area contributed by atoms with Crippen molar-refractivity contribution >= 4 is 22.9 Å². The van der Waals surface area contributed by atoms with Crippen LogP contribution in [-0.2, 0) is 13.0 Å².